The molecule has 0 aliphatic heterocycles. The summed E-state index contributed by atoms with van der Waals surface area (Å²) in [7, 11) is 0. The first-order valence-corrected chi connectivity index (χ1v) is 29.3. The molecule has 4 N–H and O–H groups in total. The van der Waals surface area contributed by atoms with Gasteiger partial charge in [0.25, 0.3) is 0 Å². The second-order valence-electron chi connectivity index (χ2n) is 26.8. The molecule has 0 aromatic heterocycles. The summed E-state index contributed by atoms with van der Waals surface area (Å²) >= 11 is 2.40. The van der Waals surface area contributed by atoms with Gasteiger partial charge < -0.3 is 49.4 Å². The maximum atomic E-state index is 12.5. The number of amides is 2. The van der Waals surface area contributed by atoms with Crippen molar-refractivity contribution in [3.8, 4) is 0 Å². The van der Waals surface area contributed by atoms with Crippen LogP contribution in [0.25, 0.3) is 0 Å². The quantitative estimate of drug-likeness (QED) is 0.0825. The van der Waals surface area contributed by atoms with Crippen molar-refractivity contribution in [2.75, 3.05) is 31.1 Å². The second-order valence-corrected chi connectivity index (χ2v) is 29.4. The second kappa shape index (κ2) is 31.3. The fraction of sp³-hybridized carbons (Fsp3) is 0.797. The van der Waals surface area contributed by atoms with E-state index in [1.165, 1.54) is 49.2 Å². The zero-order chi connectivity index (χ0) is 63.1. The summed E-state index contributed by atoms with van der Waals surface area (Å²) in [4.78, 5) is 122. The van der Waals surface area contributed by atoms with E-state index in [1.54, 1.807) is 151 Å². The molecule has 2 amide bonds. The molecular formula is C59H103N3O17S2. The first-order valence-electron chi connectivity index (χ1n) is 27.2. The minimum Gasteiger partial charge on any atom is -0.480 e. The number of nitrogens with zero attached hydrogens (tertiary/aromatic N) is 1. The van der Waals surface area contributed by atoms with Gasteiger partial charge in [-0.1, -0.05) is 28.2 Å². The number of carboxylic acids is 2. The molecule has 0 heterocycles. The Bertz CT molecular complexity index is 2080. The molecule has 2 fully saturated rings. The monoisotopic (exact) mass is 1190 g/mol. The van der Waals surface area contributed by atoms with Gasteiger partial charge in [-0.3, -0.25) is 28.8 Å². The van der Waals surface area contributed by atoms with Crippen LogP contribution in [0.4, 0.5) is 9.59 Å². The molecule has 1 unspecified atom stereocenters. The van der Waals surface area contributed by atoms with Crippen molar-refractivity contribution < 1.29 is 81.8 Å². The van der Waals surface area contributed by atoms with Crippen molar-refractivity contribution >= 4 is 82.9 Å². The smallest absolute Gasteiger partial charge is 0.408 e. The predicted molar refractivity (Wildman–Crippen MR) is 317 cm³/mol. The Labute approximate surface area is 492 Å². The Balaban J connectivity index is 0. The lowest BCUT2D eigenvalue weighted by molar-refractivity contribution is -0.164. The third-order valence-electron chi connectivity index (χ3n) is 12.9. The summed E-state index contributed by atoms with van der Waals surface area (Å²) in [5.41, 5.74) is -5.84. The molecule has 3 aliphatic rings. The van der Waals surface area contributed by atoms with Gasteiger partial charge >= 0.3 is 42.0 Å². The maximum Gasteiger partial charge on any atom is 0.408 e. The van der Waals surface area contributed by atoms with Gasteiger partial charge in [-0.25, -0.2) is 19.2 Å². The van der Waals surface area contributed by atoms with Crippen LogP contribution in [0.2, 0.25) is 0 Å². The molecule has 0 aromatic rings. The first-order chi connectivity index (χ1) is 35.9. The Kier molecular flexibility index (Phi) is 30.3. The van der Waals surface area contributed by atoms with Gasteiger partial charge in [0, 0.05) is 34.8 Å². The molecule has 0 spiro atoms. The van der Waals surface area contributed by atoms with Crippen molar-refractivity contribution in [1.82, 2.24) is 15.5 Å². The van der Waals surface area contributed by atoms with Crippen molar-refractivity contribution in [3.63, 3.8) is 0 Å². The normalized spacial score (nSPS) is 21.6. The number of aliphatic carboxylic acids is 2. The molecule has 0 bridgehead atoms. The third-order valence-corrected chi connectivity index (χ3v) is 15.6. The number of carboxylic acid groups (broad SMARTS) is 2. The first kappa shape index (κ1) is 78.4. The van der Waals surface area contributed by atoms with E-state index in [2.05, 4.69) is 36.3 Å². The molecule has 2 saturated carbocycles. The Morgan fingerprint density at radius 3 is 1.07 bits per heavy atom. The molecule has 0 saturated heterocycles. The number of alkyl carbamates (subject to hydrolysis) is 2. The molecule has 468 valence electrons. The van der Waals surface area contributed by atoms with Gasteiger partial charge in [0.05, 0.1) is 32.5 Å². The van der Waals surface area contributed by atoms with Crippen LogP contribution in [0.5, 0.6) is 0 Å². The summed E-state index contributed by atoms with van der Waals surface area (Å²) in [6.07, 6.45) is 0.0269. The molecule has 0 radical (unpaired) electrons. The molecular weight excluding hydrogens is 1090 g/mol. The number of hydrogen-bond donors (Lipinski definition) is 4. The van der Waals surface area contributed by atoms with E-state index in [9.17, 15) is 58.2 Å². The summed E-state index contributed by atoms with van der Waals surface area (Å²) in [5.74, 6) is -3.62. The highest BCUT2D eigenvalue weighted by molar-refractivity contribution is 8.00. The molecule has 0 aromatic carbocycles. The number of carbonyl (C=O) groups is 10. The summed E-state index contributed by atoms with van der Waals surface area (Å²) < 4.78 is 26.9. The zero-order valence-corrected chi connectivity index (χ0v) is 54.1. The van der Waals surface area contributed by atoms with Crippen molar-refractivity contribution in [2.24, 2.45) is 32.5 Å². The molecule has 3 rings (SSSR count). The predicted octanol–water partition coefficient (Wildman–Crippen LogP) is 10.1. The molecule has 20 nitrogen and oxygen atoms in total. The van der Waals surface area contributed by atoms with Gasteiger partial charge in [-0.05, 0) is 177 Å². The Morgan fingerprint density at radius 2 is 0.852 bits per heavy atom. The summed E-state index contributed by atoms with van der Waals surface area (Å²) in [6, 6.07) is -2.40. The lowest BCUT2D eigenvalue weighted by Crippen LogP contribution is -2.46. The van der Waals surface area contributed by atoms with E-state index in [1.807, 2.05) is 0 Å². The van der Waals surface area contributed by atoms with Crippen molar-refractivity contribution in [3.05, 3.63) is 12.2 Å². The van der Waals surface area contributed by atoms with E-state index in [4.69, 9.17) is 23.7 Å². The highest BCUT2D eigenvalue weighted by Gasteiger charge is 2.54. The van der Waals surface area contributed by atoms with E-state index in [-0.39, 0.29) is 55.1 Å². The lowest BCUT2D eigenvalue weighted by atomic mass is 9.87. The number of carbonyl (C=O) groups excluding carboxylic acids is 8. The number of rotatable bonds is 16. The maximum absolute atomic E-state index is 12.5. The van der Waals surface area contributed by atoms with Crippen molar-refractivity contribution in [1.29, 1.82) is 0 Å². The van der Waals surface area contributed by atoms with Crippen LogP contribution in [0.3, 0.4) is 0 Å². The zero-order valence-electron chi connectivity index (χ0n) is 52.4. The van der Waals surface area contributed by atoms with Gasteiger partial charge in [-0.15, -0.1) is 0 Å². The molecule has 7 atom stereocenters. The van der Waals surface area contributed by atoms with E-state index < -0.39 is 121 Å². The third kappa shape index (κ3) is 26.2. The number of hydrogen-bond acceptors (Lipinski definition) is 18. The standard InChI is InChI=1S/2C20H33NO7S.C12H18O3.C6H15N.CH4/c2*1-18(2,3)16(25)27-14-12(9-13(22)20(14,7)8)29-10-11(15(23)24)21-17(26)28-19(4,5)6;1-11(2,3)10(14)15-9-7-6-8(13)12(9,4)5;1-4-7(5-2)6-3;/h2*11-12,14H,9-10H2,1-8H3,(H,21,26)(H,23,24);6-7,9H,1-5H3;4-6H2,1-3H3;1H4/t11?,12-,14-;11-,12+,14-;9-;;/m000../s1. The highest BCUT2D eigenvalue weighted by atomic mass is 32.2. The van der Waals surface area contributed by atoms with Crippen LogP contribution in [0.1, 0.15) is 186 Å². The van der Waals surface area contributed by atoms with Crippen LogP contribution in [0, 0.1) is 32.5 Å². The largest absolute Gasteiger partial charge is 0.480 e. The van der Waals surface area contributed by atoms with Crippen LogP contribution in [0.15, 0.2) is 12.2 Å². The fourth-order valence-electron chi connectivity index (χ4n) is 7.28. The number of thioether (sulfide) groups is 2. The van der Waals surface area contributed by atoms with Crippen LogP contribution in [-0.2, 0) is 62.0 Å². The van der Waals surface area contributed by atoms with Crippen molar-refractivity contribution in [2.45, 2.75) is 239 Å². The van der Waals surface area contributed by atoms with Gasteiger partial charge in [0.1, 0.15) is 53.2 Å². The average molecular weight is 1190 g/mol. The average Bonchev–Trinajstić information content (AvgIpc) is 3.75. The van der Waals surface area contributed by atoms with Gasteiger partial charge in [0.15, 0.2) is 5.78 Å². The minimum absolute atomic E-state index is 0. The van der Waals surface area contributed by atoms with Crippen LogP contribution >= 0.6 is 23.5 Å². The molecule has 81 heavy (non-hydrogen) atoms. The van der Waals surface area contributed by atoms with E-state index in [0.29, 0.717) is 0 Å². The number of ketones is 3. The summed E-state index contributed by atoms with van der Waals surface area (Å²) in [5, 5.41) is 22.7. The number of ether oxygens (including phenoxy) is 5. The number of allylic oxidation sites excluding steroid dienone is 1. The van der Waals surface area contributed by atoms with E-state index in [0.717, 1.165) is 0 Å². The fourth-order valence-corrected chi connectivity index (χ4v) is 10.3. The lowest BCUT2D eigenvalue weighted by Gasteiger charge is -2.31. The Morgan fingerprint density at radius 1 is 0.556 bits per heavy atom. The topological polar surface area (TPSA) is 285 Å². The number of Topliss-reactive ketones (excluding diaryl/α,β-unsaturated/α-hetero) is 2. The van der Waals surface area contributed by atoms with Crippen LogP contribution < -0.4 is 10.6 Å². The Hall–Kier alpha value is -4.70. The number of esters is 3. The highest BCUT2D eigenvalue weighted by Crippen LogP contribution is 2.45. The summed E-state index contributed by atoms with van der Waals surface area (Å²) in [6.45, 7) is 46.4. The van der Waals surface area contributed by atoms with E-state index >= 15 is 0 Å². The van der Waals surface area contributed by atoms with Gasteiger partial charge in [0.2, 0.25) is 0 Å². The van der Waals surface area contributed by atoms with Crippen LogP contribution in [-0.4, -0.2) is 158 Å². The molecule has 3 aliphatic carbocycles. The van der Waals surface area contributed by atoms with Gasteiger partial charge in [-0.2, -0.15) is 23.5 Å². The minimum atomic E-state index is -1.21. The molecule has 22 heteroatoms. The number of nitrogens with one attached hydrogen (secondary N) is 2. The SMILES string of the molecule is C.CC(C)(C)C(=O)O[C@H]1C=CC(=O)C1(C)C.CC(C)(C)OC(=O)NC(CS[C@H]1CC(=O)C(C)(C)[C@H]1OC(=O)C(C)(C)C)C(=O)O.CC(C)(C)OC(=O)N[C@@H](CS[C@@H]1CC(=O)C(C)(C)[C@H]1OC(=O)C(C)(C)C)C(=O)O.CCN(CC)CC.